The van der Waals surface area contributed by atoms with Gasteiger partial charge in [0.25, 0.3) is 15.9 Å². The first-order chi connectivity index (χ1) is 13.9. The predicted molar refractivity (Wildman–Crippen MR) is 104 cm³/mol. The maximum absolute atomic E-state index is 13.2. The molecule has 0 aromatic heterocycles. The molecule has 0 aliphatic carbocycles. The molecule has 0 saturated carbocycles. The molecule has 1 heterocycles. The van der Waals surface area contributed by atoms with Crippen molar-refractivity contribution in [2.24, 2.45) is 0 Å². The Morgan fingerprint density at radius 3 is 2.41 bits per heavy atom. The Kier molecular flexibility index (Phi) is 4.81. The molecule has 1 amide bonds. The van der Waals surface area contributed by atoms with Crippen molar-refractivity contribution in [1.29, 1.82) is 0 Å². The van der Waals surface area contributed by atoms with Gasteiger partial charge in [-0.1, -0.05) is 6.07 Å². The van der Waals surface area contributed by atoms with Crippen molar-refractivity contribution in [2.75, 3.05) is 16.8 Å². The number of fused-ring (bicyclic) bond motifs is 1. The van der Waals surface area contributed by atoms with Crippen molar-refractivity contribution in [3.8, 4) is 11.5 Å². The van der Waals surface area contributed by atoms with Crippen LogP contribution in [0.5, 0.6) is 11.5 Å². The SMILES string of the molecule is O=C(Nc1ccc(S(=O)(=O)Nc2cccc(F)c2)cc1)c1ccc2c(c1)OCO2. The van der Waals surface area contributed by atoms with Gasteiger partial charge >= 0.3 is 0 Å². The lowest BCUT2D eigenvalue weighted by Crippen LogP contribution is -2.14. The summed E-state index contributed by atoms with van der Waals surface area (Å²) in [5, 5.41) is 2.69. The molecular formula is C20H15FN2O5S. The van der Waals surface area contributed by atoms with Crippen LogP contribution in [-0.2, 0) is 10.0 Å². The number of amides is 1. The summed E-state index contributed by atoms with van der Waals surface area (Å²) in [4.78, 5) is 12.4. The molecule has 1 aliphatic heterocycles. The number of nitrogens with one attached hydrogen (secondary N) is 2. The van der Waals surface area contributed by atoms with E-state index in [2.05, 4.69) is 10.0 Å². The minimum absolute atomic E-state index is 0.0251. The standard InChI is InChI=1S/C20H15FN2O5S/c21-14-2-1-3-16(11-14)23-29(25,26)17-7-5-15(6-8-17)22-20(24)13-4-9-18-19(10-13)28-12-27-18/h1-11,23H,12H2,(H,22,24). The second kappa shape index (κ2) is 7.44. The summed E-state index contributed by atoms with van der Waals surface area (Å²) in [6.45, 7) is 0.111. The molecule has 3 aromatic carbocycles. The average Bonchev–Trinajstić information content (AvgIpc) is 3.16. The van der Waals surface area contributed by atoms with Crippen molar-refractivity contribution in [2.45, 2.75) is 4.90 Å². The topological polar surface area (TPSA) is 93.7 Å². The molecular weight excluding hydrogens is 399 g/mol. The number of rotatable bonds is 5. The van der Waals surface area contributed by atoms with Crippen LogP contribution in [0.25, 0.3) is 0 Å². The number of sulfonamides is 1. The van der Waals surface area contributed by atoms with E-state index in [1.54, 1.807) is 18.2 Å². The Hall–Kier alpha value is -3.59. The van der Waals surface area contributed by atoms with E-state index in [4.69, 9.17) is 9.47 Å². The Bertz CT molecular complexity index is 1180. The fourth-order valence-electron chi connectivity index (χ4n) is 2.72. The van der Waals surface area contributed by atoms with Crippen LogP contribution >= 0.6 is 0 Å². The monoisotopic (exact) mass is 414 g/mol. The predicted octanol–water partition coefficient (Wildman–Crippen LogP) is 3.61. The van der Waals surface area contributed by atoms with Crippen LogP contribution in [-0.4, -0.2) is 21.1 Å². The van der Waals surface area contributed by atoms with Gasteiger partial charge in [-0.3, -0.25) is 9.52 Å². The number of carbonyl (C=O) groups excluding carboxylic acids is 1. The van der Waals surface area contributed by atoms with Crippen molar-refractivity contribution >= 4 is 27.3 Å². The fraction of sp³-hybridized carbons (Fsp3) is 0.0500. The van der Waals surface area contributed by atoms with E-state index in [-0.39, 0.29) is 23.3 Å². The summed E-state index contributed by atoms with van der Waals surface area (Å²) < 4.78 is 50.9. The third kappa shape index (κ3) is 4.14. The van der Waals surface area contributed by atoms with Crippen LogP contribution in [0.2, 0.25) is 0 Å². The number of ether oxygens (including phenoxy) is 2. The van der Waals surface area contributed by atoms with E-state index in [0.29, 0.717) is 22.7 Å². The van der Waals surface area contributed by atoms with Gasteiger partial charge in [-0.15, -0.1) is 0 Å². The molecule has 0 atom stereocenters. The zero-order valence-electron chi connectivity index (χ0n) is 14.9. The van der Waals surface area contributed by atoms with Gasteiger partial charge in [0.05, 0.1) is 10.6 Å². The fourth-order valence-corrected chi connectivity index (χ4v) is 3.77. The van der Waals surface area contributed by atoms with Crippen molar-refractivity contribution in [3.05, 3.63) is 78.1 Å². The van der Waals surface area contributed by atoms with Gasteiger partial charge in [-0.05, 0) is 60.7 Å². The summed E-state index contributed by atoms with van der Waals surface area (Å²) in [7, 11) is -3.89. The lowest BCUT2D eigenvalue weighted by molar-refractivity contribution is 0.102. The van der Waals surface area contributed by atoms with Crippen LogP contribution in [0.1, 0.15) is 10.4 Å². The van der Waals surface area contributed by atoms with Crippen LogP contribution in [0.15, 0.2) is 71.6 Å². The van der Waals surface area contributed by atoms with E-state index in [9.17, 15) is 17.6 Å². The maximum atomic E-state index is 13.2. The summed E-state index contributed by atoms with van der Waals surface area (Å²) in [6.07, 6.45) is 0. The molecule has 0 spiro atoms. The number of benzene rings is 3. The molecule has 4 rings (SSSR count). The van der Waals surface area contributed by atoms with Gasteiger partial charge in [0.15, 0.2) is 11.5 Å². The highest BCUT2D eigenvalue weighted by Crippen LogP contribution is 2.32. The number of hydrogen-bond donors (Lipinski definition) is 2. The molecule has 9 heteroatoms. The van der Waals surface area contributed by atoms with E-state index >= 15 is 0 Å². The Morgan fingerprint density at radius 2 is 1.66 bits per heavy atom. The average molecular weight is 414 g/mol. The maximum Gasteiger partial charge on any atom is 0.261 e. The number of hydrogen-bond acceptors (Lipinski definition) is 5. The quantitative estimate of drug-likeness (QED) is 0.665. The first-order valence-corrected chi connectivity index (χ1v) is 9.98. The highest BCUT2D eigenvalue weighted by Gasteiger charge is 2.17. The number of anilines is 2. The van der Waals surface area contributed by atoms with Gasteiger partial charge in [-0.25, -0.2) is 12.8 Å². The summed E-state index contributed by atoms with van der Waals surface area (Å²) in [5.41, 5.74) is 0.904. The molecule has 7 nitrogen and oxygen atoms in total. The zero-order chi connectivity index (χ0) is 20.4. The largest absolute Gasteiger partial charge is 0.454 e. The Morgan fingerprint density at radius 1 is 0.897 bits per heavy atom. The van der Waals surface area contributed by atoms with Crippen LogP contribution in [0, 0.1) is 5.82 Å². The minimum atomic E-state index is -3.89. The summed E-state index contributed by atoms with van der Waals surface area (Å²) >= 11 is 0. The highest BCUT2D eigenvalue weighted by molar-refractivity contribution is 7.92. The third-order valence-corrected chi connectivity index (χ3v) is 5.53. The van der Waals surface area contributed by atoms with Gasteiger partial charge in [-0.2, -0.15) is 0 Å². The second-order valence-electron chi connectivity index (χ2n) is 6.16. The molecule has 3 aromatic rings. The number of carbonyl (C=O) groups is 1. The molecule has 0 radical (unpaired) electrons. The van der Waals surface area contributed by atoms with Crippen LogP contribution in [0.3, 0.4) is 0 Å². The van der Waals surface area contributed by atoms with E-state index in [1.165, 1.54) is 42.5 Å². The Labute approximate surface area is 166 Å². The van der Waals surface area contributed by atoms with Crippen LogP contribution < -0.4 is 19.5 Å². The van der Waals surface area contributed by atoms with Gasteiger partial charge in [0.1, 0.15) is 5.82 Å². The molecule has 0 bridgehead atoms. The Balaban J connectivity index is 1.46. The molecule has 0 saturated heterocycles. The first-order valence-electron chi connectivity index (χ1n) is 8.50. The molecule has 2 N–H and O–H groups in total. The van der Waals surface area contributed by atoms with E-state index in [1.807, 2.05) is 0 Å². The summed E-state index contributed by atoms with van der Waals surface area (Å²) in [6, 6.07) is 15.6. The number of halogens is 1. The van der Waals surface area contributed by atoms with Crippen molar-refractivity contribution < 1.29 is 27.1 Å². The van der Waals surface area contributed by atoms with Crippen molar-refractivity contribution in [3.63, 3.8) is 0 Å². The van der Waals surface area contributed by atoms with E-state index < -0.39 is 15.8 Å². The molecule has 0 unspecified atom stereocenters. The van der Waals surface area contributed by atoms with Gasteiger partial charge < -0.3 is 14.8 Å². The zero-order valence-corrected chi connectivity index (χ0v) is 15.7. The van der Waals surface area contributed by atoms with E-state index in [0.717, 1.165) is 6.07 Å². The molecule has 148 valence electrons. The lowest BCUT2D eigenvalue weighted by Gasteiger charge is -2.10. The normalized spacial score (nSPS) is 12.4. The summed E-state index contributed by atoms with van der Waals surface area (Å²) in [5.74, 6) is 0.132. The highest BCUT2D eigenvalue weighted by atomic mass is 32.2. The van der Waals surface area contributed by atoms with Crippen molar-refractivity contribution in [1.82, 2.24) is 0 Å². The molecule has 0 fully saturated rings. The minimum Gasteiger partial charge on any atom is -0.454 e. The molecule has 1 aliphatic rings. The second-order valence-corrected chi connectivity index (χ2v) is 7.84. The van der Waals surface area contributed by atoms with Crippen LogP contribution in [0.4, 0.5) is 15.8 Å². The third-order valence-electron chi connectivity index (χ3n) is 4.13. The lowest BCUT2D eigenvalue weighted by atomic mass is 10.2. The first kappa shape index (κ1) is 18.8. The molecule has 29 heavy (non-hydrogen) atoms. The van der Waals surface area contributed by atoms with Gasteiger partial charge in [0.2, 0.25) is 6.79 Å². The van der Waals surface area contributed by atoms with Gasteiger partial charge in [0, 0.05) is 11.3 Å². The smallest absolute Gasteiger partial charge is 0.261 e.